The third kappa shape index (κ3) is 3.80. The zero-order valence-electron chi connectivity index (χ0n) is 12.5. The highest BCUT2D eigenvalue weighted by Crippen LogP contribution is 2.22. The van der Waals surface area contributed by atoms with Crippen LogP contribution >= 0.6 is 0 Å². The molecule has 1 aliphatic heterocycles. The highest BCUT2D eigenvalue weighted by molar-refractivity contribution is 5.47. The van der Waals surface area contributed by atoms with Gasteiger partial charge < -0.3 is 10.2 Å². The van der Waals surface area contributed by atoms with Crippen LogP contribution < -0.4 is 16.0 Å². The Morgan fingerprint density at radius 2 is 2.05 bits per heavy atom. The van der Waals surface area contributed by atoms with Gasteiger partial charge in [-0.25, -0.2) is 10.8 Å². The second-order valence-electron chi connectivity index (χ2n) is 5.21. The van der Waals surface area contributed by atoms with Gasteiger partial charge >= 0.3 is 0 Å². The molecule has 1 fully saturated rings. The normalized spacial score (nSPS) is 15.6. The Morgan fingerprint density at radius 3 is 2.70 bits per heavy atom. The smallest absolute Gasteiger partial charge is 0.221 e. The van der Waals surface area contributed by atoms with Crippen molar-refractivity contribution in [1.29, 1.82) is 0 Å². The fraction of sp³-hybridized carbons (Fsp3) is 0.714. The van der Waals surface area contributed by atoms with E-state index in [-0.39, 0.29) is 0 Å². The van der Waals surface area contributed by atoms with E-state index in [1.54, 1.807) is 0 Å². The molecule has 1 aromatic rings. The average Bonchev–Trinajstić information content (AvgIpc) is 2.95. The molecular weight excluding hydrogens is 254 g/mol. The Kier molecular flexibility index (Phi) is 5.55. The van der Waals surface area contributed by atoms with Gasteiger partial charge in [-0.2, -0.15) is 4.98 Å². The van der Waals surface area contributed by atoms with Crippen LogP contribution in [-0.4, -0.2) is 41.1 Å². The van der Waals surface area contributed by atoms with Crippen molar-refractivity contribution in [2.45, 2.75) is 39.5 Å². The lowest BCUT2D eigenvalue weighted by Gasteiger charge is -2.16. The van der Waals surface area contributed by atoms with Crippen molar-refractivity contribution in [2.75, 3.05) is 31.7 Å². The molecule has 0 saturated carbocycles. The second kappa shape index (κ2) is 7.40. The van der Waals surface area contributed by atoms with Crippen LogP contribution in [0, 0.1) is 6.92 Å². The lowest BCUT2D eigenvalue weighted by Crippen LogP contribution is -2.25. The summed E-state index contributed by atoms with van der Waals surface area (Å²) >= 11 is 0. The summed E-state index contributed by atoms with van der Waals surface area (Å²) in [4.78, 5) is 11.3. The average molecular weight is 279 g/mol. The van der Waals surface area contributed by atoms with E-state index in [9.17, 15) is 0 Å². The number of hydrogen-bond donors (Lipinski definition) is 2. The van der Waals surface area contributed by atoms with Gasteiger partial charge in [0.2, 0.25) is 5.88 Å². The summed E-state index contributed by atoms with van der Waals surface area (Å²) in [5, 5.41) is 0. The number of rotatable bonds is 7. The molecule has 0 amide bonds. The summed E-state index contributed by atoms with van der Waals surface area (Å²) in [7, 11) is 0. The molecule has 20 heavy (non-hydrogen) atoms. The molecule has 6 heteroatoms. The first-order valence-electron chi connectivity index (χ1n) is 7.44. The number of anilines is 1. The van der Waals surface area contributed by atoms with Crippen LogP contribution in [0.15, 0.2) is 0 Å². The maximum absolute atomic E-state index is 5.84. The number of hydrazine groups is 1. The molecule has 0 bridgehead atoms. The van der Waals surface area contributed by atoms with Gasteiger partial charge in [0.15, 0.2) is 0 Å². The molecule has 0 aliphatic carbocycles. The molecule has 2 rings (SSSR count). The van der Waals surface area contributed by atoms with Crippen molar-refractivity contribution in [3.63, 3.8) is 0 Å². The lowest BCUT2D eigenvalue weighted by molar-refractivity contribution is 0.230. The van der Waals surface area contributed by atoms with Crippen LogP contribution in [-0.2, 0) is 6.42 Å². The van der Waals surface area contributed by atoms with Crippen LogP contribution in [0.2, 0.25) is 0 Å². The first-order chi connectivity index (χ1) is 9.74. The maximum atomic E-state index is 5.84. The first kappa shape index (κ1) is 15.0. The largest absolute Gasteiger partial charge is 0.476 e. The van der Waals surface area contributed by atoms with E-state index >= 15 is 0 Å². The number of nitrogen functional groups attached to an aromatic ring is 1. The number of ether oxygens (including phenoxy) is 1. The van der Waals surface area contributed by atoms with Gasteiger partial charge in [-0.15, -0.1) is 0 Å². The van der Waals surface area contributed by atoms with E-state index in [2.05, 4.69) is 27.2 Å². The van der Waals surface area contributed by atoms with Crippen LogP contribution in [0.3, 0.4) is 0 Å². The summed E-state index contributed by atoms with van der Waals surface area (Å²) in [5.74, 6) is 7.59. The molecule has 0 unspecified atom stereocenters. The van der Waals surface area contributed by atoms with Crippen LogP contribution in [0.5, 0.6) is 5.88 Å². The summed E-state index contributed by atoms with van der Waals surface area (Å²) in [6.07, 6.45) is 4.43. The molecule has 0 spiro atoms. The zero-order valence-corrected chi connectivity index (χ0v) is 12.5. The van der Waals surface area contributed by atoms with E-state index in [0.29, 0.717) is 18.3 Å². The van der Waals surface area contributed by atoms with E-state index < -0.39 is 0 Å². The number of aromatic nitrogens is 2. The second-order valence-corrected chi connectivity index (χ2v) is 5.21. The standard InChI is InChI=1S/C14H25N5O/c1-3-6-12-16-13(18-15)11(2)14(17-12)20-10-9-19-7-4-5-8-19/h3-10,15H2,1-2H3,(H,16,17,18). The quantitative estimate of drug-likeness (QED) is 0.582. The molecule has 1 aromatic heterocycles. The van der Waals surface area contributed by atoms with Gasteiger partial charge in [-0.05, 0) is 39.3 Å². The highest BCUT2D eigenvalue weighted by atomic mass is 16.5. The monoisotopic (exact) mass is 279 g/mol. The Bertz CT molecular complexity index is 432. The Hall–Kier alpha value is -1.40. The van der Waals surface area contributed by atoms with Gasteiger partial charge in [0.1, 0.15) is 18.2 Å². The molecule has 1 saturated heterocycles. The predicted octanol–water partition coefficient (Wildman–Crippen LogP) is 1.50. The number of nitrogens with two attached hydrogens (primary N) is 1. The summed E-state index contributed by atoms with van der Waals surface area (Å²) < 4.78 is 5.84. The minimum Gasteiger partial charge on any atom is -0.476 e. The maximum Gasteiger partial charge on any atom is 0.221 e. The van der Waals surface area contributed by atoms with Gasteiger partial charge in [0.25, 0.3) is 0 Å². The Balaban J connectivity index is 1.98. The summed E-state index contributed by atoms with van der Waals surface area (Å²) in [6, 6.07) is 0. The zero-order chi connectivity index (χ0) is 14.4. The number of hydrogen-bond acceptors (Lipinski definition) is 6. The van der Waals surface area contributed by atoms with Gasteiger partial charge in [-0.3, -0.25) is 4.90 Å². The Morgan fingerprint density at radius 1 is 1.30 bits per heavy atom. The van der Waals surface area contributed by atoms with E-state index in [4.69, 9.17) is 10.6 Å². The molecular formula is C14H25N5O. The number of nitrogens with one attached hydrogen (secondary N) is 1. The first-order valence-corrected chi connectivity index (χ1v) is 7.44. The third-order valence-corrected chi connectivity index (χ3v) is 3.60. The number of nitrogens with zero attached hydrogens (tertiary/aromatic N) is 3. The van der Waals surface area contributed by atoms with Crippen molar-refractivity contribution in [3.8, 4) is 5.88 Å². The van der Waals surface area contributed by atoms with Crippen molar-refractivity contribution in [2.24, 2.45) is 5.84 Å². The number of likely N-dealkylation sites (tertiary alicyclic amines) is 1. The van der Waals surface area contributed by atoms with Gasteiger partial charge in [-0.1, -0.05) is 6.92 Å². The van der Waals surface area contributed by atoms with Crippen molar-refractivity contribution in [3.05, 3.63) is 11.4 Å². The number of aryl methyl sites for hydroxylation is 1. The van der Waals surface area contributed by atoms with Gasteiger partial charge in [0.05, 0.1) is 5.56 Å². The van der Waals surface area contributed by atoms with Crippen LogP contribution in [0.4, 0.5) is 5.82 Å². The minimum absolute atomic E-state index is 0.649. The molecule has 112 valence electrons. The lowest BCUT2D eigenvalue weighted by atomic mass is 10.3. The van der Waals surface area contributed by atoms with Gasteiger partial charge in [0, 0.05) is 13.0 Å². The van der Waals surface area contributed by atoms with E-state index in [1.165, 1.54) is 25.9 Å². The molecule has 6 nitrogen and oxygen atoms in total. The van der Waals surface area contributed by atoms with Crippen LogP contribution in [0.1, 0.15) is 37.6 Å². The Labute approximate surface area is 120 Å². The van der Waals surface area contributed by atoms with E-state index in [1.807, 2.05) is 6.92 Å². The molecule has 1 aliphatic rings. The van der Waals surface area contributed by atoms with Crippen molar-refractivity contribution >= 4 is 5.82 Å². The van der Waals surface area contributed by atoms with Crippen molar-refractivity contribution in [1.82, 2.24) is 14.9 Å². The minimum atomic E-state index is 0.649. The third-order valence-electron chi connectivity index (χ3n) is 3.60. The highest BCUT2D eigenvalue weighted by Gasteiger charge is 2.14. The predicted molar refractivity (Wildman–Crippen MR) is 79.7 cm³/mol. The van der Waals surface area contributed by atoms with Crippen LogP contribution in [0.25, 0.3) is 0 Å². The summed E-state index contributed by atoms with van der Waals surface area (Å²) in [6.45, 7) is 8.01. The fourth-order valence-electron chi connectivity index (χ4n) is 2.43. The fourth-order valence-corrected chi connectivity index (χ4v) is 2.43. The van der Waals surface area contributed by atoms with E-state index in [0.717, 1.165) is 30.8 Å². The molecule has 0 aromatic carbocycles. The topological polar surface area (TPSA) is 76.3 Å². The molecule has 3 N–H and O–H groups in total. The van der Waals surface area contributed by atoms with Crippen molar-refractivity contribution < 1.29 is 4.74 Å². The molecule has 0 radical (unpaired) electrons. The SMILES string of the molecule is CCCc1nc(NN)c(C)c(OCCN2CCCC2)n1. The molecule has 0 atom stereocenters. The molecule has 2 heterocycles. The summed E-state index contributed by atoms with van der Waals surface area (Å²) in [5.41, 5.74) is 3.49.